The van der Waals surface area contributed by atoms with Gasteiger partial charge in [0.25, 0.3) is 0 Å². The Morgan fingerprint density at radius 3 is 1.21 bits per heavy atom. The zero-order valence-corrected chi connectivity index (χ0v) is 26.4. The van der Waals surface area contributed by atoms with Crippen molar-refractivity contribution in [1.29, 1.82) is 0 Å². The maximum atomic E-state index is 15.1. The number of rotatable bonds is 21. The summed E-state index contributed by atoms with van der Waals surface area (Å²) in [5.74, 6) is 0.622. The molecule has 0 unspecified atom stereocenters. The molecule has 0 aliphatic rings. The first-order valence-electron chi connectivity index (χ1n) is 16.2. The summed E-state index contributed by atoms with van der Waals surface area (Å²) in [6.07, 6.45) is 21.1. The Bertz CT molecular complexity index is 1040. The molecule has 0 aromatic heterocycles. The molecular weight excluding hydrogens is 549 g/mol. The van der Waals surface area contributed by atoms with Crippen molar-refractivity contribution in [3.8, 4) is 5.75 Å². The van der Waals surface area contributed by atoms with Crippen LogP contribution in [0, 0.1) is 0 Å². The highest BCUT2D eigenvalue weighted by atomic mass is 32.3. The summed E-state index contributed by atoms with van der Waals surface area (Å²) in [4.78, 5) is 0.832. The second-order valence-corrected chi connectivity index (χ2v) is 14.4. The summed E-state index contributed by atoms with van der Waals surface area (Å²) in [5, 5.41) is 0. The standard InChI is InChI=1S/C37H51F3OS/c1-2-3-4-5-6-7-8-9-10-11-12-13-14-15-16-23-32-41-33-28-30-36(31-29-33)42(37(38,39)40,34-24-19-17-20-25-34)35-26-21-18-22-27-35/h17-22,24-31H,2-16,23,32H2,1H3. The minimum Gasteiger partial charge on any atom is -0.494 e. The lowest BCUT2D eigenvalue weighted by Gasteiger charge is -2.42. The number of hydrogen-bond donors (Lipinski definition) is 0. The topological polar surface area (TPSA) is 9.23 Å². The number of hydrogen-bond acceptors (Lipinski definition) is 1. The highest BCUT2D eigenvalue weighted by molar-refractivity contribution is 8.34. The molecule has 0 bridgehead atoms. The van der Waals surface area contributed by atoms with Crippen molar-refractivity contribution < 1.29 is 17.9 Å². The van der Waals surface area contributed by atoms with Gasteiger partial charge < -0.3 is 4.74 Å². The monoisotopic (exact) mass is 600 g/mol. The highest BCUT2D eigenvalue weighted by Gasteiger charge is 2.53. The molecule has 0 aliphatic heterocycles. The second kappa shape index (κ2) is 19.0. The van der Waals surface area contributed by atoms with Gasteiger partial charge in [0.1, 0.15) is 5.75 Å². The van der Waals surface area contributed by atoms with Gasteiger partial charge in [-0.15, -0.1) is 0 Å². The van der Waals surface area contributed by atoms with Gasteiger partial charge >= 0.3 is 5.51 Å². The van der Waals surface area contributed by atoms with Crippen LogP contribution >= 0.6 is 10.0 Å². The van der Waals surface area contributed by atoms with Crippen LogP contribution in [0.1, 0.15) is 110 Å². The van der Waals surface area contributed by atoms with Crippen molar-refractivity contribution in [1.82, 2.24) is 0 Å². The van der Waals surface area contributed by atoms with Crippen molar-refractivity contribution in [3.63, 3.8) is 0 Å². The first kappa shape index (κ1) is 34.1. The van der Waals surface area contributed by atoms with Gasteiger partial charge in [-0.1, -0.05) is 150 Å². The van der Waals surface area contributed by atoms with Crippen molar-refractivity contribution in [2.24, 2.45) is 0 Å². The molecule has 0 fully saturated rings. The first-order valence-corrected chi connectivity index (χ1v) is 17.9. The maximum absolute atomic E-state index is 15.1. The Balaban J connectivity index is 1.38. The molecule has 232 valence electrons. The molecule has 5 heteroatoms. The number of alkyl halides is 3. The van der Waals surface area contributed by atoms with E-state index in [-0.39, 0.29) is 14.7 Å². The average Bonchev–Trinajstić information content (AvgIpc) is 3.00. The van der Waals surface area contributed by atoms with E-state index in [0.717, 1.165) is 12.8 Å². The van der Waals surface area contributed by atoms with Crippen LogP contribution in [0.3, 0.4) is 0 Å². The Morgan fingerprint density at radius 2 is 0.833 bits per heavy atom. The molecule has 3 aromatic rings. The van der Waals surface area contributed by atoms with Gasteiger partial charge in [-0.2, -0.15) is 13.2 Å². The molecule has 0 spiro atoms. The Hall–Kier alpha value is -2.40. The zero-order valence-electron chi connectivity index (χ0n) is 25.6. The second-order valence-electron chi connectivity index (χ2n) is 11.3. The summed E-state index contributed by atoms with van der Waals surface area (Å²) >= 11 is 0. The minimum absolute atomic E-state index is 0.266. The third-order valence-corrected chi connectivity index (χ3v) is 11.6. The summed E-state index contributed by atoms with van der Waals surface area (Å²) in [6.45, 7) is 2.86. The van der Waals surface area contributed by atoms with Gasteiger partial charge in [0.05, 0.1) is 6.61 Å². The molecule has 0 aliphatic carbocycles. The van der Waals surface area contributed by atoms with Crippen molar-refractivity contribution >= 4 is 10.0 Å². The minimum atomic E-state index is -4.45. The van der Waals surface area contributed by atoms with Crippen LogP contribution < -0.4 is 4.74 Å². The largest absolute Gasteiger partial charge is 0.494 e. The summed E-state index contributed by atoms with van der Waals surface area (Å²) in [7, 11) is -3.47. The predicted molar refractivity (Wildman–Crippen MR) is 173 cm³/mol. The van der Waals surface area contributed by atoms with E-state index in [1.54, 1.807) is 84.9 Å². The first-order chi connectivity index (χ1) is 20.5. The van der Waals surface area contributed by atoms with E-state index in [4.69, 9.17) is 4.74 Å². The van der Waals surface area contributed by atoms with E-state index in [1.165, 1.54) is 89.9 Å². The van der Waals surface area contributed by atoms with E-state index in [9.17, 15) is 0 Å². The third kappa shape index (κ3) is 10.4. The molecule has 0 atom stereocenters. The third-order valence-electron chi connectivity index (χ3n) is 7.98. The van der Waals surface area contributed by atoms with Crippen LogP contribution in [-0.4, -0.2) is 12.1 Å². The summed E-state index contributed by atoms with van der Waals surface area (Å²) in [5.41, 5.74) is -4.45. The van der Waals surface area contributed by atoms with Gasteiger partial charge in [0.2, 0.25) is 0 Å². The van der Waals surface area contributed by atoms with Crippen LogP contribution in [0.25, 0.3) is 0 Å². The highest BCUT2D eigenvalue weighted by Crippen LogP contribution is 2.77. The molecule has 0 saturated carbocycles. The van der Waals surface area contributed by atoms with E-state index < -0.39 is 15.5 Å². The Kier molecular flexibility index (Phi) is 15.4. The molecule has 0 radical (unpaired) electrons. The fourth-order valence-corrected chi connectivity index (χ4v) is 8.93. The van der Waals surface area contributed by atoms with Crippen molar-refractivity contribution in [3.05, 3.63) is 84.9 Å². The Labute approximate surface area is 254 Å². The van der Waals surface area contributed by atoms with Crippen LogP contribution in [-0.2, 0) is 0 Å². The lowest BCUT2D eigenvalue weighted by Crippen LogP contribution is -2.22. The summed E-state index contributed by atoms with van der Waals surface area (Å²) < 4.78 is 51.1. The molecule has 0 saturated heterocycles. The van der Waals surface area contributed by atoms with Gasteiger partial charge in [-0.25, -0.2) is 0 Å². The van der Waals surface area contributed by atoms with E-state index in [2.05, 4.69) is 6.92 Å². The molecule has 42 heavy (non-hydrogen) atoms. The molecule has 0 N–H and O–H groups in total. The molecule has 0 amide bonds. The van der Waals surface area contributed by atoms with Gasteiger partial charge in [0, 0.05) is 14.7 Å². The lowest BCUT2D eigenvalue weighted by atomic mass is 10.0. The number of ether oxygens (including phenoxy) is 1. The van der Waals surface area contributed by atoms with E-state index in [0.29, 0.717) is 12.4 Å². The smallest absolute Gasteiger partial charge is 0.437 e. The Morgan fingerprint density at radius 1 is 0.476 bits per heavy atom. The normalized spacial score (nSPS) is 12.4. The number of unbranched alkanes of at least 4 members (excludes halogenated alkanes) is 15. The molecule has 0 heterocycles. The summed E-state index contributed by atoms with van der Waals surface area (Å²) in [6, 6.07) is 23.2. The van der Waals surface area contributed by atoms with Gasteiger partial charge in [0.15, 0.2) is 0 Å². The fraction of sp³-hybridized carbons (Fsp3) is 0.514. The SMILES string of the molecule is CCCCCCCCCCCCCCCCCCOc1ccc(S(c2ccccc2)(c2ccccc2)C(F)(F)F)cc1. The van der Waals surface area contributed by atoms with Crippen LogP contribution in [0.15, 0.2) is 99.6 Å². The fourth-order valence-electron chi connectivity index (χ4n) is 5.64. The molecule has 3 aromatic carbocycles. The molecule has 1 nitrogen and oxygen atoms in total. The van der Waals surface area contributed by atoms with Crippen LogP contribution in [0.5, 0.6) is 5.75 Å². The van der Waals surface area contributed by atoms with Crippen LogP contribution in [0.2, 0.25) is 0 Å². The van der Waals surface area contributed by atoms with E-state index >= 15 is 13.2 Å². The quantitative estimate of drug-likeness (QED) is 0.111. The van der Waals surface area contributed by atoms with Gasteiger partial charge in [-0.3, -0.25) is 0 Å². The molecule has 3 rings (SSSR count). The zero-order chi connectivity index (χ0) is 29.9. The van der Waals surface area contributed by atoms with Crippen molar-refractivity contribution in [2.75, 3.05) is 6.61 Å². The van der Waals surface area contributed by atoms with Crippen molar-refractivity contribution in [2.45, 2.75) is 130 Å². The lowest BCUT2D eigenvalue weighted by molar-refractivity contribution is -0.0386. The predicted octanol–water partition coefficient (Wildman–Crippen LogP) is 13.1. The molecular formula is C37H51F3OS. The number of halogens is 3. The van der Waals surface area contributed by atoms with E-state index in [1.807, 2.05) is 0 Å². The number of benzene rings is 3. The van der Waals surface area contributed by atoms with Crippen LogP contribution in [0.4, 0.5) is 13.2 Å². The maximum Gasteiger partial charge on any atom is 0.437 e. The van der Waals surface area contributed by atoms with Gasteiger partial charge in [-0.05, 0) is 55.0 Å². The average molecular weight is 601 g/mol.